The molecule has 4 aromatic rings. The molecule has 3 aromatic heterocycles. The van der Waals surface area contributed by atoms with Crippen molar-refractivity contribution >= 4 is 28.7 Å². The van der Waals surface area contributed by atoms with Gasteiger partial charge in [-0.2, -0.15) is 8.75 Å². The van der Waals surface area contributed by atoms with E-state index < -0.39 is 0 Å². The largest absolute Gasteiger partial charge is 0.496 e. The molecule has 0 aliphatic carbocycles. The van der Waals surface area contributed by atoms with E-state index in [4.69, 9.17) is 9.15 Å². The molecule has 0 bridgehead atoms. The summed E-state index contributed by atoms with van der Waals surface area (Å²) >= 11 is 1.21. The van der Waals surface area contributed by atoms with E-state index in [1.54, 1.807) is 16.9 Å². The zero-order valence-corrected chi connectivity index (χ0v) is 19.8. The third-order valence-corrected chi connectivity index (χ3v) is 6.73. The number of nitrogens with one attached hydrogen (secondary N) is 1. The van der Waals surface area contributed by atoms with Gasteiger partial charge in [0.2, 0.25) is 0 Å². The number of carbonyl (C=O) groups excluding carboxylic acids is 1. The van der Waals surface area contributed by atoms with Gasteiger partial charge in [-0.1, -0.05) is 6.07 Å². The van der Waals surface area contributed by atoms with E-state index >= 15 is 0 Å². The fraction of sp³-hybridized carbons (Fsp3) is 0.333. The lowest BCUT2D eigenvalue weighted by atomic mass is 10.1. The Labute approximate surface area is 200 Å². The molecule has 4 heterocycles. The normalized spacial score (nSPS) is 15.0. The van der Waals surface area contributed by atoms with Crippen molar-refractivity contribution in [1.82, 2.24) is 23.5 Å². The minimum Gasteiger partial charge on any atom is -0.496 e. The molecule has 1 atom stereocenters. The van der Waals surface area contributed by atoms with Crippen molar-refractivity contribution in [2.24, 2.45) is 0 Å². The van der Waals surface area contributed by atoms with Gasteiger partial charge in [-0.3, -0.25) is 14.5 Å². The number of hydrogen-bond donors (Lipinski definition) is 1. The summed E-state index contributed by atoms with van der Waals surface area (Å²) in [5, 5.41) is 2.98. The highest BCUT2D eigenvalue weighted by Crippen LogP contribution is 2.25. The Morgan fingerprint density at radius 3 is 2.85 bits per heavy atom. The van der Waals surface area contributed by atoms with Gasteiger partial charge in [0.1, 0.15) is 28.1 Å². The molecule has 176 valence electrons. The fourth-order valence-corrected chi connectivity index (χ4v) is 4.94. The van der Waals surface area contributed by atoms with Crippen LogP contribution in [0.2, 0.25) is 0 Å². The quantitative estimate of drug-likeness (QED) is 0.454. The lowest BCUT2D eigenvalue weighted by molar-refractivity contribution is 0.0930. The highest BCUT2D eigenvalue weighted by Gasteiger charge is 2.26. The van der Waals surface area contributed by atoms with Crippen molar-refractivity contribution in [2.45, 2.75) is 32.5 Å². The van der Waals surface area contributed by atoms with E-state index in [1.807, 2.05) is 19.1 Å². The summed E-state index contributed by atoms with van der Waals surface area (Å²) < 4.78 is 21.2. The molecule has 5 rings (SSSR count). The third kappa shape index (κ3) is 4.34. The average Bonchev–Trinajstić information content (AvgIpc) is 3.49. The predicted molar refractivity (Wildman–Crippen MR) is 128 cm³/mol. The van der Waals surface area contributed by atoms with Gasteiger partial charge in [0, 0.05) is 44.4 Å². The van der Waals surface area contributed by atoms with Gasteiger partial charge >= 0.3 is 0 Å². The number of methoxy groups -OCH3 is 1. The van der Waals surface area contributed by atoms with E-state index in [1.165, 1.54) is 24.9 Å². The lowest BCUT2D eigenvalue weighted by Gasteiger charge is -2.19. The summed E-state index contributed by atoms with van der Waals surface area (Å²) in [4.78, 5) is 28.5. The molecule has 1 aromatic carbocycles. The average molecular weight is 480 g/mol. The molecule has 10 heteroatoms. The van der Waals surface area contributed by atoms with Crippen LogP contribution in [0.15, 0.2) is 51.9 Å². The Morgan fingerprint density at radius 1 is 1.21 bits per heavy atom. The molecule has 1 unspecified atom stereocenters. The van der Waals surface area contributed by atoms with Gasteiger partial charge in [-0.15, -0.1) is 0 Å². The first-order chi connectivity index (χ1) is 16.5. The Bertz CT molecular complexity index is 1380. The van der Waals surface area contributed by atoms with Crippen LogP contribution < -0.4 is 15.6 Å². The molecule has 34 heavy (non-hydrogen) atoms. The second-order valence-corrected chi connectivity index (χ2v) is 8.88. The number of benzene rings is 1. The van der Waals surface area contributed by atoms with E-state index in [0.717, 1.165) is 23.1 Å². The molecule has 0 fully saturated rings. The highest BCUT2D eigenvalue weighted by molar-refractivity contribution is 7.00. The topological polar surface area (TPSA) is 102 Å². The van der Waals surface area contributed by atoms with Crippen molar-refractivity contribution in [3.05, 3.63) is 75.6 Å². The summed E-state index contributed by atoms with van der Waals surface area (Å²) in [6.45, 7) is 4.47. The van der Waals surface area contributed by atoms with Crippen molar-refractivity contribution in [3.63, 3.8) is 0 Å². The number of pyridine rings is 1. The SMILES string of the molecule is COc1cc(=O)n2c(c1C(=O)NC(C)c1ccco1)CCN(Cc1ccc3nsnc3c1)CC2. The van der Waals surface area contributed by atoms with Crippen LogP contribution in [0.5, 0.6) is 5.75 Å². The van der Waals surface area contributed by atoms with E-state index in [2.05, 4.69) is 31.1 Å². The monoisotopic (exact) mass is 479 g/mol. The van der Waals surface area contributed by atoms with Gasteiger partial charge < -0.3 is 19.0 Å². The number of ether oxygens (including phenoxy) is 1. The Balaban J connectivity index is 1.40. The van der Waals surface area contributed by atoms with Crippen molar-refractivity contribution in [3.8, 4) is 5.75 Å². The first-order valence-corrected chi connectivity index (χ1v) is 11.8. The van der Waals surface area contributed by atoms with Crippen LogP contribution in [0.3, 0.4) is 0 Å². The molecule has 0 saturated heterocycles. The van der Waals surface area contributed by atoms with Crippen molar-refractivity contribution in [1.29, 1.82) is 0 Å². The standard InChI is InChI=1S/C24H25N5O4S/c1-15(20-4-3-11-33-20)25-24(31)23-19-7-8-28(9-10-29(19)22(30)13-21(23)32-2)14-16-5-6-17-18(12-16)27-34-26-17/h3-6,11-13,15H,7-10,14H2,1-2H3,(H,25,31). The number of amides is 1. The van der Waals surface area contributed by atoms with E-state index in [0.29, 0.717) is 43.1 Å². The number of fused-ring (bicyclic) bond motifs is 2. The molecule has 1 amide bonds. The summed E-state index contributed by atoms with van der Waals surface area (Å²) in [5.74, 6) is 0.653. The zero-order chi connectivity index (χ0) is 23.7. The summed E-state index contributed by atoms with van der Waals surface area (Å²) in [7, 11) is 1.48. The van der Waals surface area contributed by atoms with Crippen LogP contribution >= 0.6 is 11.7 Å². The number of hydrogen-bond acceptors (Lipinski definition) is 8. The Hall–Kier alpha value is -3.50. The number of furan rings is 1. The molecular weight excluding hydrogens is 454 g/mol. The Kier molecular flexibility index (Phi) is 6.16. The maximum Gasteiger partial charge on any atom is 0.257 e. The van der Waals surface area contributed by atoms with Crippen molar-refractivity contribution < 1.29 is 13.9 Å². The molecule has 0 radical (unpaired) electrons. The lowest BCUT2D eigenvalue weighted by Crippen LogP contribution is -2.32. The minimum absolute atomic E-state index is 0.167. The summed E-state index contributed by atoms with van der Waals surface area (Å²) in [5.41, 5.74) is 3.86. The van der Waals surface area contributed by atoms with Gasteiger partial charge in [-0.25, -0.2) is 0 Å². The summed E-state index contributed by atoms with van der Waals surface area (Å²) in [6.07, 6.45) is 2.12. The first-order valence-electron chi connectivity index (χ1n) is 11.1. The van der Waals surface area contributed by atoms with Gasteiger partial charge in [0.05, 0.1) is 31.1 Å². The molecule has 1 N–H and O–H groups in total. The van der Waals surface area contributed by atoms with E-state index in [-0.39, 0.29) is 23.3 Å². The number of aromatic nitrogens is 3. The molecule has 1 aliphatic rings. The van der Waals surface area contributed by atoms with Gasteiger partial charge in [0.25, 0.3) is 11.5 Å². The van der Waals surface area contributed by atoms with Crippen LogP contribution in [0.25, 0.3) is 11.0 Å². The second kappa shape index (κ2) is 9.40. The predicted octanol–water partition coefficient (Wildman–Crippen LogP) is 3.00. The molecule has 0 spiro atoms. The smallest absolute Gasteiger partial charge is 0.257 e. The first kappa shape index (κ1) is 22.3. The van der Waals surface area contributed by atoms with Crippen LogP contribution in [0.4, 0.5) is 0 Å². The summed E-state index contributed by atoms with van der Waals surface area (Å²) in [6, 6.07) is 10.8. The van der Waals surface area contributed by atoms with Crippen LogP contribution in [-0.4, -0.2) is 44.3 Å². The maximum atomic E-state index is 13.3. The molecule has 1 aliphatic heterocycles. The zero-order valence-electron chi connectivity index (χ0n) is 19.0. The third-order valence-electron chi connectivity index (χ3n) is 6.17. The van der Waals surface area contributed by atoms with Crippen LogP contribution in [0, 0.1) is 0 Å². The van der Waals surface area contributed by atoms with Gasteiger partial charge in [0.15, 0.2) is 0 Å². The van der Waals surface area contributed by atoms with Crippen LogP contribution in [0.1, 0.15) is 40.3 Å². The van der Waals surface area contributed by atoms with Crippen LogP contribution in [-0.2, 0) is 19.5 Å². The highest BCUT2D eigenvalue weighted by atomic mass is 32.1. The second-order valence-electron chi connectivity index (χ2n) is 8.35. The minimum atomic E-state index is -0.322. The van der Waals surface area contributed by atoms with E-state index in [9.17, 15) is 9.59 Å². The number of carbonyl (C=O) groups is 1. The van der Waals surface area contributed by atoms with Gasteiger partial charge in [-0.05, 0) is 36.8 Å². The molecule has 0 saturated carbocycles. The Morgan fingerprint density at radius 2 is 2.06 bits per heavy atom. The number of nitrogens with zero attached hydrogens (tertiary/aromatic N) is 4. The number of rotatable bonds is 6. The van der Waals surface area contributed by atoms with Crippen molar-refractivity contribution in [2.75, 3.05) is 20.2 Å². The molecular formula is C24H25N5O4S. The fourth-order valence-electron chi connectivity index (χ4n) is 4.42. The molecule has 9 nitrogen and oxygen atoms in total. The maximum absolute atomic E-state index is 13.3.